The van der Waals surface area contributed by atoms with E-state index in [2.05, 4.69) is 61.2 Å². The van der Waals surface area contributed by atoms with E-state index >= 15 is 0 Å². The van der Waals surface area contributed by atoms with Crippen molar-refractivity contribution in [2.45, 2.75) is 83.2 Å². The molecule has 0 radical (unpaired) electrons. The van der Waals surface area contributed by atoms with Gasteiger partial charge in [0, 0.05) is 12.7 Å². The summed E-state index contributed by atoms with van der Waals surface area (Å²) in [6.07, 6.45) is 9.50. The highest BCUT2D eigenvalue weighted by Crippen LogP contribution is 2.57. The number of esters is 1. The molecule has 5 nitrogen and oxygen atoms in total. The number of ether oxygens (including phenoxy) is 1. The number of aromatic nitrogens is 2. The van der Waals surface area contributed by atoms with E-state index in [1.54, 1.807) is 17.3 Å². The Bertz CT molecular complexity index is 1060. The van der Waals surface area contributed by atoms with Crippen LogP contribution in [0.5, 0.6) is 0 Å². The number of carbonyl (C=O) groups excluding carboxylic acids is 1. The average Bonchev–Trinajstić information content (AvgIpc) is 2.82. The summed E-state index contributed by atoms with van der Waals surface area (Å²) >= 11 is 1.48. The summed E-state index contributed by atoms with van der Waals surface area (Å²) in [7, 11) is 0. The summed E-state index contributed by atoms with van der Waals surface area (Å²) in [6, 6.07) is 7.23. The Morgan fingerprint density at radius 2 is 2.09 bits per heavy atom. The lowest BCUT2D eigenvalue weighted by molar-refractivity contribution is 0.0357. The Labute approximate surface area is 208 Å². The van der Waals surface area contributed by atoms with E-state index in [4.69, 9.17) is 4.74 Å². The highest BCUT2D eigenvalue weighted by molar-refractivity contribution is 7.98. The van der Waals surface area contributed by atoms with Crippen LogP contribution in [0.3, 0.4) is 0 Å². The lowest BCUT2D eigenvalue weighted by Gasteiger charge is -2.55. The van der Waals surface area contributed by atoms with Crippen molar-refractivity contribution in [3.05, 3.63) is 46.6 Å². The summed E-state index contributed by atoms with van der Waals surface area (Å²) < 4.78 is 5.26. The first-order chi connectivity index (χ1) is 16.2. The van der Waals surface area contributed by atoms with E-state index in [9.17, 15) is 4.79 Å². The monoisotopic (exact) mass is 481 g/mol. The van der Waals surface area contributed by atoms with E-state index in [1.165, 1.54) is 43.0 Å². The molecule has 2 aliphatic carbocycles. The summed E-state index contributed by atoms with van der Waals surface area (Å²) in [5, 5.41) is 4.22. The SMILES string of the molecule is CCOC(=O)c1cnc(SC)nc1NC[C@]1(C)CCC[C@]2(C)c3ccc(C(C)C)cc3CC[C@H]12. The zero-order valence-electron chi connectivity index (χ0n) is 21.5. The summed E-state index contributed by atoms with van der Waals surface area (Å²) in [6.45, 7) is 12.4. The van der Waals surface area contributed by atoms with Gasteiger partial charge in [-0.05, 0) is 78.2 Å². The molecule has 0 amide bonds. The summed E-state index contributed by atoms with van der Waals surface area (Å²) in [4.78, 5) is 21.5. The van der Waals surface area contributed by atoms with Crippen molar-refractivity contribution < 1.29 is 9.53 Å². The van der Waals surface area contributed by atoms with Crippen LogP contribution in [-0.2, 0) is 16.6 Å². The normalized spacial score (nSPS) is 26.0. The third-order valence-electron chi connectivity index (χ3n) is 8.27. The predicted molar refractivity (Wildman–Crippen MR) is 140 cm³/mol. The number of hydrogen-bond donors (Lipinski definition) is 1. The molecule has 0 bridgehead atoms. The number of anilines is 1. The van der Waals surface area contributed by atoms with Crippen LogP contribution < -0.4 is 5.32 Å². The quantitative estimate of drug-likeness (QED) is 0.272. The number of fused-ring (bicyclic) bond motifs is 3. The molecule has 0 aliphatic heterocycles. The maximum absolute atomic E-state index is 12.5. The fraction of sp³-hybridized carbons (Fsp3) is 0.607. The largest absolute Gasteiger partial charge is 0.462 e. The second-order valence-corrected chi connectivity index (χ2v) is 11.6. The molecule has 1 aromatic carbocycles. The first-order valence-electron chi connectivity index (χ1n) is 12.7. The molecular formula is C28H39N3O2S. The molecule has 3 atom stereocenters. The Balaban J connectivity index is 1.61. The number of benzene rings is 1. The number of rotatable bonds is 7. The van der Waals surface area contributed by atoms with Crippen molar-refractivity contribution in [3.63, 3.8) is 0 Å². The molecule has 1 aromatic heterocycles. The van der Waals surface area contributed by atoms with E-state index in [-0.39, 0.29) is 16.8 Å². The average molecular weight is 482 g/mol. The second-order valence-electron chi connectivity index (χ2n) is 10.8. The molecule has 2 aromatic rings. The van der Waals surface area contributed by atoms with Gasteiger partial charge in [0.25, 0.3) is 0 Å². The Kier molecular flexibility index (Phi) is 7.28. The number of aryl methyl sites for hydroxylation is 1. The first-order valence-corrected chi connectivity index (χ1v) is 13.9. The third kappa shape index (κ3) is 4.58. The first kappa shape index (κ1) is 25.0. The zero-order valence-corrected chi connectivity index (χ0v) is 22.3. The topological polar surface area (TPSA) is 64.1 Å². The van der Waals surface area contributed by atoms with Crippen LogP contribution in [0.15, 0.2) is 29.6 Å². The van der Waals surface area contributed by atoms with Gasteiger partial charge in [-0.25, -0.2) is 14.8 Å². The smallest absolute Gasteiger partial charge is 0.343 e. The lowest BCUT2D eigenvalue weighted by Crippen LogP contribution is -2.51. The van der Waals surface area contributed by atoms with Crippen molar-refractivity contribution >= 4 is 23.5 Å². The standard InChI is InChI=1S/C28H39N3O2S/c1-7-33-25(32)21-16-29-26(34-6)31-24(21)30-17-27(4)13-8-14-28(5)22-11-9-19(18(2)3)15-20(22)10-12-23(27)28/h9,11,15-16,18,23H,7-8,10,12-14,17H2,1-6H3,(H,29,30,31)/t23-,27+,28-/m1/s1. The number of hydrogen-bond acceptors (Lipinski definition) is 6. The van der Waals surface area contributed by atoms with Crippen molar-refractivity contribution in [3.8, 4) is 0 Å². The van der Waals surface area contributed by atoms with Crippen LogP contribution >= 0.6 is 11.8 Å². The number of nitrogens with zero attached hydrogens (tertiary/aromatic N) is 2. The van der Waals surface area contributed by atoms with Crippen LogP contribution in [0.4, 0.5) is 5.82 Å². The highest BCUT2D eigenvalue weighted by atomic mass is 32.2. The van der Waals surface area contributed by atoms with Crippen molar-refractivity contribution in [1.82, 2.24) is 9.97 Å². The van der Waals surface area contributed by atoms with Gasteiger partial charge in [0.1, 0.15) is 11.4 Å². The minimum absolute atomic E-state index is 0.109. The van der Waals surface area contributed by atoms with Gasteiger partial charge < -0.3 is 10.1 Å². The molecule has 6 heteroatoms. The van der Waals surface area contributed by atoms with Crippen molar-refractivity contribution in [2.24, 2.45) is 11.3 Å². The van der Waals surface area contributed by atoms with Gasteiger partial charge in [-0.2, -0.15) is 0 Å². The van der Waals surface area contributed by atoms with Gasteiger partial charge >= 0.3 is 5.97 Å². The van der Waals surface area contributed by atoms with Gasteiger partial charge in [0.05, 0.1) is 6.61 Å². The fourth-order valence-corrected chi connectivity index (χ4v) is 6.80. The van der Waals surface area contributed by atoms with Crippen LogP contribution in [0.25, 0.3) is 0 Å². The molecule has 34 heavy (non-hydrogen) atoms. The van der Waals surface area contributed by atoms with Gasteiger partial charge in [-0.3, -0.25) is 0 Å². The fourth-order valence-electron chi connectivity index (χ4n) is 6.46. The van der Waals surface area contributed by atoms with Crippen LogP contribution in [-0.4, -0.2) is 35.3 Å². The van der Waals surface area contributed by atoms with Gasteiger partial charge in [0.2, 0.25) is 0 Å². The van der Waals surface area contributed by atoms with Gasteiger partial charge in [-0.15, -0.1) is 0 Å². The lowest BCUT2D eigenvalue weighted by atomic mass is 9.49. The molecule has 2 aliphatic rings. The summed E-state index contributed by atoms with van der Waals surface area (Å²) in [5.74, 6) is 1.35. The van der Waals surface area contributed by atoms with Crippen LogP contribution in [0, 0.1) is 11.3 Å². The molecule has 4 rings (SSSR count). The number of nitrogens with one attached hydrogen (secondary N) is 1. The molecule has 1 fully saturated rings. The molecule has 0 saturated heterocycles. The highest BCUT2D eigenvalue weighted by Gasteiger charge is 2.51. The van der Waals surface area contributed by atoms with Crippen LogP contribution in [0.2, 0.25) is 0 Å². The van der Waals surface area contributed by atoms with E-state index < -0.39 is 0 Å². The van der Waals surface area contributed by atoms with Crippen molar-refractivity contribution in [2.75, 3.05) is 24.7 Å². The Hall–Kier alpha value is -2.08. The Morgan fingerprint density at radius 1 is 1.29 bits per heavy atom. The molecule has 1 N–H and O–H groups in total. The predicted octanol–water partition coefficient (Wildman–Crippen LogP) is 6.62. The van der Waals surface area contributed by atoms with Crippen LogP contribution in [0.1, 0.15) is 93.3 Å². The minimum Gasteiger partial charge on any atom is -0.462 e. The van der Waals surface area contributed by atoms with E-state index in [0.29, 0.717) is 35.0 Å². The number of thioether (sulfide) groups is 1. The number of carbonyl (C=O) groups is 1. The maximum atomic E-state index is 12.5. The van der Waals surface area contributed by atoms with E-state index in [1.807, 2.05) is 13.2 Å². The molecule has 0 unspecified atom stereocenters. The second kappa shape index (κ2) is 9.88. The summed E-state index contributed by atoms with van der Waals surface area (Å²) in [5.41, 5.74) is 5.25. The maximum Gasteiger partial charge on any atom is 0.343 e. The molecule has 0 spiro atoms. The van der Waals surface area contributed by atoms with Gasteiger partial charge in [0.15, 0.2) is 5.16 Å². The van der Waals surface area contributed by atoms with Crippen molar-refractivity contribution in [1.29, 1.82) is 0 Å². The molecule has 1 saturated carbocycles. The van der Waals surface area contributed by atoms with Gasteiger partial charge in [-0.1, -0.05) is 64.1 Å². The minimum atomic E-state index is -0.371. The molecule has 184 valence electrons. The van der Waals surface area contributed by atoms with E-state index in [0.717, 1.165) is 13.0 Å². The molecular weight excluding hydrogens is 442 g/mol. The zero-order chi connectivity index (χ0) is 24.5. The molecule has 1 heterocycles. The third-order valence-corrected chi connectivity index (χ3v) is 8.83. The Morgan fingerprint density at radius 3 is 2.79 bits per heavy atom.